The van der Waals surface area contributed by atoms with Crippen molar-refractivity contribution in [2.24, 2.45) is 0 Å². The van der Waals surface area contributed by atoms with Gasteiger partial charge in [0.2, 0.25) is 5.91 Å². The summed E-state index contributed by atoms with van der Waals surface area (Å²) in [4.78, 5) is 25.7. The number of ether oxygens (including phenoxy) is 2. The van der Waals surface area contributed by atoms with Gasteiger partial charge in [-0.2, -0.15) is 0 Å². The molecule has 0 bridgehead atoms. The number of nitrogens with one attached hydrogen (secondary N) is 1. The molecule has 0 spiro atoms. The number of thiophene rings is 1. The zero-order chi connectivity index (χ0) is 28.1. The molecule has 0 saturated carbocycles. The third kappa shape index (κ3) is 6.51. The van der Waals surface area contributed by atoms with Crippen molar-refractivity contribution in [1.82, 2.24) is 14.8 Å². The third-order valence-corrected chi connectivity index (χ3v) is 8.04. The summed E-state index contributed by atoms with van der Waals surface area (Å²) in [6, 6.07) is 13.9. The summed E-state index contributed by atoms with van der Waals surface area (Å²) in [7, 11) is 1.34. The standard InChI is InChI=1S/C29H32N4O4S2/c1-7-33-26(20(5)37-21-10-8-9-17(2)13-21)31-32-29(33)39-16-24(34)30-27-25(28(35)36-6)23(15-38-27)22-14-18(3)11-12-19(22)4/h8-15,20H,7,16H2,1-6H3,(H,30,34). The minimum atomic E-state index is -0.493. The van der Waals surface area contributed by atoms with E-state index in [0.717, 1.165) is 33.6 Å². The average Bonchev–Trinajstić information content (AvgIpc) is 3.52. The molecule has 39 heavy (non-hydrogen) atoms. The SMILES string of the molecule is CCn1c(SCC(=O)Nc2scc(-c3cc(C)ccc3C)c2C(=O)OC)nnc1C(C)Oc1cccc(C)c1. The molecule has 2 heterocycles. The van der Waals surface area contributed by atoms with Gasteiger partial charge in [0.1, 0.15) is 16.3 Å². The largest absolute Gasteiger partial charge is 0.483 e. The van der Waals surface area contributed by atoms with Crippen LogP contribution in [-0.4, -0.2) is 39.5 Å². The number of esters is 1. The molecule has 1 unspecified atom stereocenters. The van der Waals surface area contributed by atoms with Crippen molar-refractivity contribution in [2.75, 3.05) is 18.2 Å². The van der Waals surface area contributed by atoms with Crippen molar-refractivity contribution >= 4 is 40.0 Å². The molecule has 2 aromatic heterocycles. The number of thioether (sulfide) groups is 1. The normalized spacial score (nSPS) is 11.7. The number of benzene rings is 2. The Bertz CT molecular complexity index is 1490. The van der Waals surface area contributed by atoms with Gasteiger partial charge in [-0.05, 0) is 63.4 Å². The van der Waals surface area contributed by atoms with Crippen LogP contribution >= 0.6 is 23.1 Å². The van der Waals surface area contributed by atoms with Gasteiger partial charge in [0.25, 0.3) is 0 Å². The number of carbonyl (C=O) groups excluding carboxylic acids is 2. The lowest BCUT2D eigenvalue weighted by atomic mass is 9.97. The van der Waals surface area contributed by atoms with Crippen LogP contribution in [0.15, 0.2) is 53.0 Å². The van der Waals surface area contributed by atoms with Crippen molar-refractivity contribution in [2.45, 2.75) is 52.4 Å². The van der Waals surface area contributed by atoms with E-state index in [2.05, 4.69) is 15.5 Å². The van der Waals surface area contributed by atoms with E-state index in [1.807, 2.05) is 87.0 Å². The van der Waals surface area contributed by atoms with E-state index in [9.17, 15) is 9.59 Å². The number of nitrogens with zero attached hydrogens (tertiary/aromatic N) is 3. The van der Waals surface area contributed by atoms with Gasteiger partial charge in [-0.3, -0.25) is 4.79 Å². The first-order valence-electron chi connectivity index (χ1n) is 12.6. The molecule has 10 heteroatoms. The van der Waals surface area contributed by atoms with Crippen LogP contribution in [0.2, 0.25) is 0 Å². The van der Waals surface area contributed by atoms with Crippen molar-refractivity contribution in [3.8, 4) is 16.9 Å². The molecular weight excluding hydrogens is 532 g/mol. The maximum absolute atomic E-state index is 13.0. The van der Waals surface area contributed by atoms with E-state index < -0.39 is 5.97 Å². The minimum absolute atomic E-state index is 0.0998. The first-order valence-corrected chi connectivity index (χ1v) is 14.4. The fourth-order valence-corrected chi connectivity index (χ4v) is 6.00. The van der Waals surface area contributed by atoms with E-state index in [1.54, 1.807) is 0 Å². The van der Waals surface area contributed by atoms with Crippen LogP contribution < -0.4 is 10.1 Å². The number of amides is 1. The molecule has 1 atom stereocenters. The Kier molecular flexibility index (Phi) is 9.08. The summed E-state index contributed by atoms with van der Waals surface area (Å²) in [5, 5.41) is 14.5. The van der Waals surface area contributed by atoms with Crippen molar-refractivity contribution in [3.05, 3.63) is 75.9 Å². The van der Waals surface area contributed by atoms with Crippen LogP contribution in [0.5, 0.6) is 5.75 Å². The predicted molar refractivity (Wildman–Crippen MR) is 156 cm³/mol. The van der Waals surface area contributed by atoms with Crippen LogP contribution in [-0.2, 0) is 16.1 Å². The summed E-state index contributed by atoms with van der Waals surface area (Å²) >= 11 is 2.59. The highest BCUT2D eigenvalue weighted by atomic mass is 32.2. The predicted octanol–water partition coefficient (Wildman–Crippen LogP) is 6.61. The van der Waals surface area contributed by atoms with Gasteiger partial charge >= 0.3 is 5.97 Å². The summed E-state index contributed by atoms with van der Waals surface area (Å²) in [5.74, 6) is 0.803. The quantitative estimate of drug-likeness (QED) is 0.171. The van der Waals surface area contributed by atoms with Gasteiger partial charge in [-0.15, -0.1) is 21.5 Å². The van der Waals surface area contributed by atoms with Crippen LogP contribution in [0, 0.1) is 20.8 Å². The fraction of sp³-hybridized carbons (Fsp3) is 0.310. The summed E-state index contributed by atoms with van der Waals surface area (Å²) in [5.41, 5.74) is 5.27. The number of rotatable bonds is 10. The topological polar surface area (TPSA) is 95.3 Å². The fourth-order valence-electron chi connectivity index (χ4n) is 4.22. The number of hydrogen-bond acceptors (Lipinski definition) is 8. The molecule has 0 radical (unpaired) electrons. The second-order valence-corrected chi connectivity index (χ2v) is 11.0. The van der Waals surface area contributed by atoms with E-state index in [-0.39, 0.29) is 17.8 Å². The maximum atomic E-state index is 13.0. The molecule has 0 fully saturated rings. The molecule has 0 saturated heterocycles. The van der Waals surface area contributed by atoms with E-state index in [0.29, 0.717) is 28.1 Å². The highest BCUT2D eigenvalue weighted by Crippen LogP contribution is 2.38. The number of hydrogen-bond donors (Lipinski definition) is 1. The average molecular weight is 565 g/mol. The summed E-state index contributed by atoms with van der Waals surface area (Å²) < 4.78 is 13.1. The highest BCUT2D eigenvalue weighted by Gasteiger charge is 2.24. The van der Waals surface area contributed by atoms with E-state index in [1.165, 1.54) is 30.2 Å². The van der Waals surface area contributed by atoms with Crippen LogP contribution in [0.4, 0.5) is 5.00 Å². The Hall–Kier alpha value is -3.63. The van der Waals surface area contributed by atoms with Gasteiger partial charge in [-0.1, -0.05) is 47.7 Å². The second kappa shape index (κ2) is 12.5. The van der Waals surface area contributed by atoms with Crippen LogP contribution in [0.25, 0.3) is 11.1 Å². The number of carbonyl (C=O) groups is 2. The second-order valence-electron chi connectivity index (χ2n) is 9.16. The molecule has 4 rings (SSSR count). The van der Waals surface area contributed by atoms with Crippen LogP contribution in [0.3, 0.4) is 0 Å². The van der Waals surface area contributed by atoms with Crippen molar-refractivity contribution < 1.29 is 19.1 Å². The molecule has 0 aliphatic carbocycles. The van der Waals surface area contributed by atoms with Gasteiger partial charge in [0.15, 0.2) is 17.1 Å². The summed E-state index contributed by atoms with van der Waals surface area (Å²) in [6.45, 7) is 10.6. The molecule has 1 N–H and O–H groups in total. The van der Waals surface area contributed by atoms with Crippen LogP contribution in [0.1, 0.15) is 52.8 Å². The number of aromatic nitrogens is 3. The van der Waals surface area contributed by atoms with Crippen molar-refractivity contribution in [3.63, 3.8) is 0 Å². The van der Waals surface area contributed by atoms with Gasteiger partial charge in [0, 0.05) is 17.5 Å². The maximum Gasteiger partial charge on any atom is 0.341 e. The Labute approximate surface area is 236 Å². The molecule has 4 aromatic rings. The number of aryl methyl sites for hydroxylation is 3. The zero-order valence-corrected chi connectivity index (χ0v) is 24.5. The zero-order valence-electron chi connectivity index (χ0n) is 22.9. The highest BCUT2D eigenvalue weighted by molar-refractivity contribution is 7.99. The third-order valence-electron chi connectivity index (χ3n) is 6.18. The van der Waals surface area contributed by atoms with Crippen molar-refractivity contribution in [1.29, 1.82) is 0 Å². The lowest BCUT2D eigenvalue weighted by Gasteiger charge is -2.16. The lowest BCUT2D eigenvalue weighted by Crippen LogP contribution is -2.17. The van der Waals surface area contributed by atoms with E-state index >= 15 is 0 Å². The first-order chi connectivity index (χ1) is 18.7. The Morgan fingerprint density at radius 1 is 1.08 bits per heavy atom. The number of methoxy groups -OCH3 is 1. The molecule has 0 aliphatic rings. The Morgan fingerprint density at radius 3 is 2.56 bits per heavy atom. The Morgan fingerprint density at radius 2 is 1.85 bits per heavy atom. The van der Waals surface area contributed by atoms with Gasteiger partial charge < -0.3 is 19.4 Å². The van der Waals surface area contributed by atoms with Gasteiger partial charge in [-0.25, -0.2) is 4.79 Å². The summed E-state index contributed by atoms with van der Waals surface area (Å²) in [6.07, 6.45) is -0.320. The number of anilines is 1. The molecule has 2 aromatic carbocycles. The first kappa shape index (κ1) is 28.4. The van der Waals surface area contributed by atoms with E-state index in [4.69, 9.17) is 9.47 Å². The molecule has 204 valence electrons. The molecule has 1 amide bonds. The minimum Gasteiger partial charge on any atom is -0.483 e. The lowest BCUT2D eigenvalue weighted by molar-refractivity contribution is -0.113. The van der Waals surface area contributed by atoms with Gasteiger partial charge in [0.05, 0.1) is 12.9 Å². The Balaban J connectivity index is 1.48. The molecule has 8 nitrogen and oxygen atoms in total. The monoisotopic (exact) mass is 564 g/mol. The molecule has 0 aliphatic heterocycles. The molecular formula is C29H32N4O4S2. The smallest absolute Gasteiger partial charge is 0.341 e.